The Morgan fingerprint density at radius 2 is 1.71 bits per heavy atom. The number of nitro benzene ring substituents is 1. The zero-order valence-corrected chi connectivity index (χ0v) is 15.8. The average Bonchev–Trinajstić information content (AvgIpc) is 3.16. The fourth-order valence-electron chi connectivity index (χ4n) is 3.77. The van der Waals surface area contributed by atoms with E-state index in [1.165, 1.54) is 22.5 Å². The molecule has 0 aliphatic carbocycles. The summed E-state index contributed by atoms with van der Waals surface area (Å²) in [6.07, 6.45) is 0.695. The van der Waals surface area contributed by atoms with Gasteiger partial charge in [-0.3, -0.25) is 10.1 Å². The number of hydrogen-bond acceptors (Lipinski definition) is 6. The van der Waals surface area contributed by atoms with Gasteiger partial charge >= 0.3 is 0 Å². The molecule has 28 heavy (non-hydrogen) atoms. The van der Waals surface area contributed by atoms with Crippen LogP contribution in [0.25, 0.3) is 0 Å². The van der Waals surface area contributed by atoms with Crippen molar-refractivity contribution < 1.29 is 17.7 Å². The van der Waals surface area contributed by atoms with Crippen molar-refractivity contribution in [3.05, 3.63) is 57.9 Å². The summed E-state index contributed by atoms with van der Waals surface area (Å²) in [5.41, 5.74) is 2.41. The highest BCUT2D eigenvalue weighted by Gasteiger charge is 2.33. The van der Waals surface area contributed by atoms with Crippen LogP contribution >= 0.6 is 0 Å². The molecule has 0 saturated carbocycles. The van der Waals surface area contributed by atoms with Crippen molar-refractivity contribution in [3.63, 3.8) is 0 Å². The number of rotatable bonds is 4. The van der Waals surface area contributed by atoms with Crippen LogP contribution in [0.5, 0.6) is 0 Å². The Hall–Kier alpha value is -2.72. The van der Waals surface area contributed by atoms with Crippen LogP contribution < -0.4 is 10.2 Å². The monoisotopic (exact) mass is 406 g/mol. The highest BCUT2D eigenvalue weighted by molar-refractivity contribution is 7.89. The quantitative estimate of drug-likeness (QED) is 0.618. The number of benzene rings is 2. The number of nitrogens with zero attached hydrogens (tertiary/aromatic N) is 3. The van der Waals surface area contributed by atoms with Crippen LogP contribution in [0.4, 0.5) is 21.5 Å². The molecule has 4 rings (SSSR count). The molecule has 0 amide bonds. The molecule has 0 unspecified atom stereocenters. The van der Waals surface area contributed by atoms with Gasteiger partial charge in [0.1, 0.15) is 11.5 Å². The van der Waals surface area contributed by atoms with Crippen molar-refractivity contribution in [2.24, 2.45) is 0 Å². The standard InChI is InChI=1S/C18H19FN4O4S/c19-13-1-3-14(4-2-13)28(26,27)22-11-9-21(10-12-22)18-15-7-8-20-16(15)5-6-17(18)23(24)25/h1-6,20H,7-12H2. The lowest BCUT2D eigenvalue weighted by Gasteiger charge is -2.35. The highest BCUT2D eigenvalue weighted by atomic mass is 32.2. The summed E-state index contributed by atoms with van der Waals surface area (Å²) < 4.78 is 40.0. The number of halogens is 1. The molecule has 148 valence electrons. The third-order valence-corrected chi connectivity index (χ3v) is 7.07. The van der Waals surface area contributed by atoms with Crippen molar-refractivity contribution >= 4 is 27.1 Å². The zero-order valence-electron chi connectivity index (χ0n) is 15.0. The number of piperazine rings is 1. The van der Waals surface area contributed by atoms with Crippen LogP contribution in [-0.2, 0) is 16.4 Å². The van der Waals surface area contributed by atoms with E-state index >= 15 is 0 Å². The summed E-state index contributed by atoms with van der Waals surface area (Å²) in [5, 5.41) is 14.7. The molecule has 0 spiro atoms. The van der Waals surface area contributed by atoms with Crippen molar-refractivity contribution in [2.75, 3.05) is 42.9 Å². The Bertz CT molecular complexity index is 1020. The van der Waals surface area contributed by atoms with Gasteiger partial charge in [0.05, 0.1) is 9.82 Å². The molecular weight excluding hydrogens is 387 g/mol. The molecule has 2 aromatic carbocycles. The molecule has 2 aliphatic heterocycles. The lowest BCUT2D eigenvalue weighted by Crippen LogP contribution is -2.49. The van der Waals surface area contributed by atoms with Crippen LogP contribution in [0, 0.1) is 15.9 Å². The molecule has 0 bridgehead atoms. The van der Waals surface area contributed by atoms with Crippen LogP contribution in [-0.4, -0.2) is 50.4 Å². The first-order valence-corrected chi connectivity index (χ1v) is 10.4. The normalized spacial score (nSPS) is 17.2. The van der Waals surface area contributed by atoms with Crippen LogP contribution in [0.2, 0.25) is 0 Å². The van der Waals surface area contributed by atoms with Gasteiger partial charge in [0.25, 0.3) is 5.69 Å². The summed E-state index contributed by atoms with van der Waals surface area (Å²) in [6, 6.07) is 7.95. The lowest BCUT2D eigenvalue weighted by molar-refractivity contribution is -0.384. The number of hydrogen-bond donors (Lipinski definition) is 1. The molecule has 0 radical (unpaired) electrons. The number of nitro groups is 1. The summed E-state index contributed by atoms with van der Waals surface area (Å²) in [5.74, 6) is -0.498. The van der Waals surface area contributed by atoms with E-state index in [0.717, 1.165) is 29.9 Å². The second kappa shape index (κ2) is 7.02. The van der Waals surface area contributed by atoms with Gasteiger partial charge in [-0.15, -0.1) is 0 Å². The molecule has 2 aromatic rings. The maximum atomic E-state index is 13.1. The molecular formula is C18H19FN4O4S. The SMILES string of the molecule is O=[N+]([O-])c1ccc2c(c1N1CCN(S(=O)(=O)c3ccc(F)cc3)CC1)CCN2. The van der Waals surface area contributed by atoms with Gasteiger partial charge in [0.15, 0.2) is 0 Å². The third kappa shape index (κ3) is 3.18. The van der Waals surface area contributed by atoms with Gasteiger partial charge < -0.3 is 10.2 Å². The molecule has 2 aliphatic rings. The van der Waals surface area contributed by atoms with Crippen LogP contribution in [0.3, 0.4) is 0 Å². The van der Waals surface area contributed by atoms with Crippen molar-refractivity contribution in [1.29, 1.82) is 0 Å². The van der Waals surface area contributed by atoms with E-state index in [1.54, 1.807) is 6.07 Å². The van der Waals surface area contributed by atoms with Crippen molar-refractivity contribution in [1.82, 2.24) is 4.31 Å². The second-order valence-electron chi connectivity index (χ2n) is 6.74. The lowest BCUT2D eigenvalue weighted by atomic mass is 10.1. The van der Waals surface area contributed by atoms with E-state index < -0.39 is 20.8 Å². The number of sulfonamides is 1. The predicted molar refractivity (Wildman–Crippen MR) is 103 cm³/mol. The van der Waals surface area contributed by atoms with Gasteiger partial charge in [0.2, 0.25) is 10.0 Å². The fourth-order valence-corrected chi connectivity index (χ4v) is 5.19. The van der Waals surface area contributed by atoms with Crippen LogP contribution in [0.15, 0.2) is 41.3 Å². The summed E-state index contributed by atoms with van der Waals surface area (Å²) in [4.78, 5) is 13.1. The molecule has 0 atom stereocenters. The number of anilines is 2. The predicted octanol–water partition coefficient (Wildman–Crippen LogP) is 2.21. The maximum Gasteiger partial charge on any atom is 0.292 e. The van der Waals surface area contributed by atoms with Crippen molar-refractivity contribution in [3.8, 4) is 0 Å². The van der Waals surface area contributed by atoms with Crippen molar-refractivity contribution in [2.45, 2.75) is 11.3 Å². The van der Waals surface area contributed by atoms with Gasteiger partial charge in [-0.1, -0.05) is 0 Å². The Labute approximate surface area is 161 Å². The molecule has 1 saturated heterocycles. The zero-order chi connectivity index (χ0) is 19.9. The van der Waals surface area contributed by atoms with E-state index in [1.807, 2.05) is 4.90 Å². The van der Waals surface area contributed by atoms with Gasteiger partial charge in [-0.25, -0.2) is 12.8 Å². The summed E-state index contributed by atoms with van der Waals surface area (Å²) >= 11 is 0. The molecule has 1 fully saturated rings. The van der Waals surface area contributed by atoms with Gasteiger partial charge in [0, 0.05) is 50.0 Å². The minimum absolute atomic E-state index is 0.0392. The summed E-state index contributed by atoms with van der Waals surface area (Å²) in [7, 11) is -3.73. The third-order valence-electron chi connectivity index (χ3n) is 5.15. The largest absolute Gasteiger partial charge is 0.384 e. The minimum atomic E-state index is -3.73. The maximum absolute atomic E-state index is 13.1. The Balaban J connectivity index is 1.58. The first kappa shape index (κ1) is 18.6. The van der Waals surface area contributed by atoms with E-state index in [0.29, 0.717) is 25.2 Å². The number of fused-ring (bicyclic) bond motifs is 1. The molecule has 0 aromatic heterocycles. The van der Waals surface area contributed by atoms with Gasteiger partial charge in [-0.05, 0) is 36.8 Å². The first-order valence-electron chi connectivity index (χ1n) is 8.93. The Morgan fingerprint density at radius 3 is 2.36 bits per heavy atom. The Kier molecular flexibility index (Phi) is 4.68. The molecule has 1 N–H and O–H groups in total. The van der Waals surface area contributed by atoms with Gasteiger partial charge in [-0.2, -0.15) is 4.31 Å². The fraction of sp³-hybridized carbons (Fsp3) is 0.333. The smallest absolute Gasteiger partial charge is 0.292 e. The highest BCUT2D eigenvalue weighted by Crippen LogP contribution is 2.40. The second-order valence-corrected chi connectivity index (χ2v) is 8.68. The average molecular weight is 406 g/mol. The molecule has 8 nitrogen and oxygen atoms in total. The van der Waals surface area contributed by atoms with E-state index in [2.05, 4.69) is 5.32 Å². The molecule has 2 heterocycles. The van der Waals surface area contributed by atoms with E-state index in [9.17, 15) is 22.9 Å². The first-order chi connectivity index (χ1) is 13.4. The van der Waals surface area contributed by atoms with E-state index in [4.69, 9.17) is 0 Å². The molecule has 10 heteroatoms. The van der Waals surface area contributed by atoms with E-state index in [-0.39, 0.29) is 23.7 Å². The number of nitrogens with one attached hydrogen (secondary N) is 1. The summed E-state index contributed by atoms with van der Waals surface area (Å²) in [6.45, 7) is 1.82. The topological polar surface area (TPSA) is 95.8 Å². The Morgan fingerprint density at radius 1 is 1.04 bits per heavy atom. The minimum Gasteiger partial charge on any atom is -0.384 e. The van der Waals surface area contributed by atoms with Crippen LogP contribution in [0.1, 0.15) is 5.56 Å².